The molecule has 0 fully saturated rings. The summed E-state index contributed by atoms with van der Waals surface area (Å²) >= 11 is 0. The molecule has 1 aromatic carbocycles. The first kappa shape index (κ1) is 12.9. The highest BCUT2D eigenvalue weighted by Gasteiger charge is 2.24. The fraction of sp³-hybridized carbons (Fsp3) is 0.250. The minimum atomic E-state index is -1.04. The Morgan fingerprint density at radius 3 is 2.74 bits per heavy atom. The molecular formula is C12H13N3O4. The zero-order valence-electron chi connectivity index (χ0n) is 10.5. The Kier molecular flexibility index (Phi) is 3.12. The van der Waals surface area contributed by atoms with Gasteiger partial charge in [-0.05, 0) is 18.2 Å². The van der Waals surface area contributed by atoms with Gasteiger partial charge in [-0.15, -0.1) is 0 Å². The van der Waals surface area contributed by atoms with Crippen LogP contribution in [-0.4, -0.2) is 38.4 Å². The minimum Gasteiger partial charge on any atom is -0.482 e. The van der Waals surface area contributed by atoms with Gasteiger partial charge >= 0.3 is 11.8 Å². The quantitative estimate of drug-likeness (QED) is 0.690. The zero-order valence-corrected chi connectivity index (χ0v) is 10.5. The number of benzene rings is 1. The van der Waals surface area contributed by atoms with Gasteiger partial charge in [0.2, 0.25) is 0 Å². The van der Waals surface area contributed by atoms with Crippen LogP contribution in [0.3, 0.4) is 0 Å². The summed E-state index contributed by atoms with van der Waals surface area (Å²) in [6.07, 6.45) is 0. The molecule has 0 spiro atoms. The van der Waals surface area contributed by atoms with Crippen molar-refractivity contribution in [2.45, 2.75) is 0 Å². The molecule has 7 nitrogen and oxygen atoms in total. The van der Waals surface area contributed by atoms with Gasteiger partial charge in [0.1, 0.15) is 5.75 Å². The van der Waals surface area contributed by atoms with Crippen LogP contribution >= 0.6 is 0 Å². The third-order valence-electron chi connectivity index (χ3n) is 2.93. The fourth-order valence-corrected chi connectivity index (χ4v) is 1.75. The van der Waals surface area contributed by atoms with Crippen LogP contribution in [0.5, 0.6) is 5.75 Å². The van der Waals surface area contributed by atoms with E-state index >= 15 is 0 Å². The van der Waals surface area contributed by atoms with Crippen LogP contribution in [0.1, 0.15) is 0 Å². The normalized spacial score (nSPS) is 13.6. The van der Waals surface area contributed by atoms with Gasteiger partial charge in [-0.25, -0.2) is 0 Å². The number of anilines is 2. The molecule has 0 atom stereocenters. The Morgan fingerprint density at radius 1 is 1.42 bits per heavy atom. The van der Waals surface area contributed by atoms with E-state index in [-0.39, 0.29) is 12.5 Å². The topological polar surface area (TPSA) is 92.9 Å². The molecule has 0 unspecified atom stereocenters. The van der Waals surface area contributed by atoms with E-state index in [0.29, 0.717) is 17.1 Å². The van der Waals surface area contributed by atoms with E-state index in [4.69, 9.17) is 10.5 Å². The summed E-state index contributed by atoms with van der Waals surface area (Å²) in [6.45, 7) is -0.0150. The molecule has 0 radical (unpaired) electrons. The lowest BCUT2D eigenvalue weighted by Gasteiger charge is -2.27. The van der Waals surface area contributed by atoms with Crippen molar-refractivity contribution in [3.8, 4) is 5.75 Å². The predicted octanol–water partition coefficient (Wildman–Crippen LogP) is -0.510. The van der Waals surface area contributed by atoms with Crippen molar-refractivity contribution >= 4 is 29.1 Å². The molecule has 1 aliphatic heterocycles. The highest BCUT2D eigenvalue weighted by Crippen LogP contribution is 2.34. The SMILES string of the molecule is CN(C(=O)C(N)=O)c1ccc2c(c1)N(C)C(=O)CO2. The van der Waals surface area contributed by atoms with Crippen LogP contribution in [0.25, 0.3) is 0 Å². The standard InChI is InChI=1S/C12H13N3O4/c1-14(12(18)11(13)17)7-3-4-9-8(5-7)15(2)10(16)6-19-9/h3-5H,6H2,1-2H3,(H2,13,17). The molecular weight excluding hydrogens is 250 g/mol. The number of hydrogen-bond donors (Lipinski definition) is 1. The number of ether oxygens (including phenoxy) is 1. The lowest BCUT2D eigenvalue weighted by molar-refractivity contribution is -0.135. The number of hydrogen-bond acceptors (Lipinski definition) is 4. The Balaban J connectivity index is 2.38. The zero-order chi connectivity index (χ0) is 14.2. The van der Waals surface area contributed by atoms with Gasteiger partial charge in [0.15, 0.2) is 6.61 Å². The Hall–Kier alpha value is -2.57. The average molecular weight is 263 g/mol. The number of likely N-dealkylation sites (N-methyl/N-ethyl adjacent to an activating group) is 2. The Bertz CT molecular complexity index is 570. The number of carbonyl (C=O) groups is 3. The van der Waals surface area contributed by atoms with Crippen LogP contribution in [0.2, 0.25) is 0 Å². The van der Waals surface area contributed by atoms with E-state index < -0.39 is 11.8 Å². The molecule has 0 bridgehead atoms. The van der Waals surface area contributed by atoms with Gasteiger partial charge in [-0.1, -0.05) is 0 Å². The minimum absolute atomic E-state index is 0.0150. The maximum atomic E-state index is 11.5. The first-order chi connectivity index (χ1) is 8.91. The molecule has 100 valence electrons. The number of nitrogens with two attached hydrogens (primary N) is 1. The van der Waals surface area contributed by atoms with Gasteiger partial charge < -0.3 is 20.3 Å². The molecule has 3 amide bonds. The summed E-state index contributed by atoms with van der Waals surface area (Å²) in [6, 6.07) is 4.84. The molecule has 2 N–H and O–H groups in total. The van der Waals surface area contributed by atoms with Crippen molar-refractivity contribution in [2.75, 3.05) is 30.5 Å². The third kappa shape index (κ3) is 2.22. The van der Waals surface area contributed by atoms with Crippen molar-refractivity contribution in [3.05, 3.63) is 18.2 Å². The second-order valence-corrected chi connectivity index (χ2v) is 4.12. The molecule has 19 heavy (non-hydrogen) atoms. The first-order valence-corrected chi connectivity index (χ1v) is 5.52. The summed E-state index contributed by atoms with van der Waals surface area (Å²) < 4.78 is 5.26. The average Bonchev–Trinajstić information content (AvgIpc) is 2.41. The molecule has 1 aromatic rings. The molecule has 1 aliphatic rings. The predicted molar refractivity (Wildman–Crippen MR) is 68.0 cm³/mol. The van der Waals surface area contributed by atoms with E-state index in [1.54, 1.807) is 25.2 Å². The van der Waals surface area contributed by atoms with Crippen molar-refractivity contribution in [3.63, 3.8) is 0 Å². The van der Waals surface area contributed by atoms with E-state index in [0.717, 1.165) is 4.90 Å². The second kappa shape index (κ2) is 4.60. The highest BCUT2D eigenvalue weighted by molar-refractivity contribution is 6.39. The van der Waals surface area contributed by atoms with Crippen molar-refractivity contribution < 1.29 is 19.1 Å². The van der Waals surface area contributed by atoms with Crippen molar-refractivity contribution in [2.24, 2.45) is 5.73 Å². The molecule has 0 saturated heterocycles. The molecule has 0 aromatic heterocycles. The Labute approximate surface area is 109 Å². The summed E-state index contributed by atoms with van der Waals surface area (Å²) in [5.41, 5.74) is 5.93. The second-order valence-electron chi connectivity index (χ2n) is 4.12. The van der Waals surface area contributed by atoms with Gasteiger partial charge in [0.25, 0.3) is 5.91 Å². The summed E-state index contributed by atoms with van der Waals surface area (Å²) in [5, 5.41) is 0. The summed E-state index contributed by atoms with van der Waals surface area (Å²) in [4.78, 5) is 36.4. The van der Waals surface area contributed by atoms with Crippen LogP contribution < -0.4 is 20.3 Å². The smallest absolute Gasteiger partial charge is 0.315 e. The molecule has 0 aliphatic carbocycles. The third-order valence-corrected chi connectivity index (χ3v) is 2.93. The summed E-state index contributed by atoms with van der Waals surface area (Å²) in [7, 11) is 3.05. The summed E-state index contributed by atoms with van der Waals surface area (Å²) in [5.74, 6) is -1.51. The lowest BCUT2D eigenvalue weighted by Crippen LogP contribution is -2.38. The monoisotopic (exact) mass is 263 g/mol. The lowest BCUT2D eigenvalue weighted by atomic mass is 10.2. The number of nitrogens with zero attached hydrogens (tertiary/aromatic N) is 2. The van der Waals surface area contributed by atoms with E-state index in [1.165, 1.54) is 11.9 Å². The first-order valence-electron chi connectivity index (χ1n) is 5.52. The van der Waals surface area contributed by atoms with Crippen LogP contribution in [0, 0.1) is 0 Å². The largest absolute Gasteiger partial charge is 0.482 e. The van der Waals surface area contributed by atoms with Crippen molar-refractivity contribution in [1.82, 2.24) is 0 Å². The van der Waals surface area contributed by atoms with E-state index in [1.807, 2.05) is 0 Å². The number of rotatable bonds is 1. The number of fused-ring (bicyclic) bond motifs is 1. The molecule has 1 heterocycles. The van der Waals surface area contributed by atoms with Crippen LogP contribution in [0.15, 0.2) is 18.2 Å². The molecule has 2 rings (SSSR count). The number of amides is 3. The van der Waals surface area contributed by atoms with Crippen LogP contribution in [0.4, 0.5) is 11.4 Å². The molecule has 7 heteroatoms. The van der Waals surface area contributed by atoms with Gasteiger partial charge in [-0.3, -0.25) is 14.4 Å². The fourth-order valence-electron chi connectivity index (χ4n) is 1.75. The van der Waals surface area contributed by atoms with Crippen LogP contribution in [-0.2, 0) is 14.4 Å². The highest BCUT2D eigenvalue weighted by atomic mass is 16.5. The molecule has 0 saturated carbocycles. The van der Waals surface area contributed by atoms with Crippen molar-refractivity contribution in [1.29, 1.82) is 0 Å². The maximum absolute atomic E-state index is 11.5. The van der Waals surface area contributed by atoms with E-state index in [2.05, 4.69) is 0 Å². The Morgan fingerprint density at radius 2 is 2.11 bits per heavy atom. The van der Waals surface area contributed by atoms with Gasteiger partial charge in [-0.2, -0.15) is 0 Å². The van der Waals surface area contributed by atoms with E-state index in [9.17, 15) is 14.4 Å². The number of primary amides is 1. The maximum Gasteiger partial charge on any atom is 0.315 e. The van der Waals surface area contributed by atoms with Gasteiger partial charge in [0.05, 0.1) is 5.69 Å². The van der Waals surface area contributed by atoms with Gasteiger partial charge in [0, 0.05) is 19.8 Å². The number of carbonyl (C=O) groups excluding carboxylic acids is 3.